The highest BCUT2D eigenvalue weighted by Gasteiger charge is 2.07. The second-order valence-electron chi connectivity index (χ2n) is 5.72. The summed E-state index contributed by atoms with van der Waals surface area (Å²) in [6.07, 6.45) is 0. The molecule has 3 rings (SSSR count). The molecule has 0 heterocycles. The smallest absolute Gasteiger partial charge is 0.255 e. The average Bonchev–Trinajstić information content (AvgIpc) is 2.64. The van der Waals surface area contributed by atoms with E-state index in [0.29, 0.717) is 12.2 Å². The van der Waals surface area contributed by atoms with E-state index in [9.17, 15) is 4.79 Å². The second kappa shape index (κ2) is 7.99. The lowest BCUT2D eigenvalue weighted by atomic mass is 10.2. The molecule has 0 radical (unpaired) electrons. The van der Waals surface area contributed by atoms with Crippen LogP contribution in [0.15, 0.2) is 77.3 Å². The highest BCUT2D eigenvalue weighted by atomic mass is 79.9. The van der Waals surface area contributed by atoms with Crippen LogP contribution in [-0.2, 0) is 6.61 Å². The molecule has 0 atom stereocenters. The summed E-state index contributed by atoms with van der Waals surface area (Å²) in [6, 6.07) is 22.8. The van der Waals surface area contributed by atoms with Gasteiger partial charge in [0.15, 0.2) is 0 Å². The van der Waals surface area contributed by atoms with E-state index in [-0.39, 0.29) is 5.91 Å². The number of aryl methyl sites for hydroxylation is 1. The molecule has 0 aliphatic carbocycles. The predicted molar refractivity (Wildman–Crippen MR) is 104 cm³/mol. The third kappa shape index (κ3) is 4.70. The van der Waals surface area contributed by atoms with Gasteiger partial charge >= 0.3 is 0 Å². The van der Waals surface area contributed by atoms with E-state index in [1.807, 2.05) is 67.6 Å². The zero-order valence-electron chi connectivity index (χ0n) is 13.8. The van der Waals surface area contributed by atoms with E-state index in [4.69, 9.17) is 4.74 Å². The highest BCUT2D eigenvalue weighted by Crippen LogP contribution is 2.21. The number of nitrogens with one attached hydrogen (secondary N) is 1. The van der Waals surface area contributed by atoms with Crippen LogP contribution in [0.25, 0.3) is 0 Å². The van der Waals surface area contributed by atoms with Crippen molar-refractivity contribution < 1.29 is 9.53 Å². The molecule has 126 valence electrons. The zero-order valence-corrected chi connectivity index (χ0v) is 15.4. The van der Waals surface area contributed by atoms with Crippen molar-refractivity contribution in [1.82, 2.24) is 0 Å². The number of carbonyl (C=O) groups is 1. The molecule has 0 saturated heterocycles. The average molecular weight is 396 g/mol. The number of anilines is 1. The van der Waals surface area contributed by atoms with Crippen molar-refractivity contribution in [3.63, 3.8) is 0 Å². The van der Waals surface area contributed by atoms with Gasteiger partial charge in [0.25, 0.3) is 5.91 Å². The lowest BCUT2D eigenvalue weighted by Crippen LogP contribution is -2.11. The fraction of sp³-hybridized carbons (Fsp3) is 0.0952. The van der Waals surface area contributed by atoms with Gasteiger partial charge in [0, 0.05) is 15.7 Å². The number of halogens is 1. The van der Waals surface area contributed by atoms with E-state index in [1.165, 1.54) is 0 Å². The topological polar surface area (TPSA) is 38.3 Å². The van der Waals surface area contributed by atoms with Crippen LogP contribution in [0, 0.1) is 6.92 Å². The zero-order chi connectivity index (χ0) is 17.6. The minimum atomic E-state index is -0.148. The standard InChI is InChI=1S/C21H18BrNO2/c1-15-7-10-18(13-20(15)22)23-21(24)17-8-11-19(12-9-17)25-14-16-5-3-2-4-6-16/h2-13H,14H2,1H3,(H,23,24). The maximum absolute atomic E-state index is 12.3. The van der Waals surface area contributed by atoms with Crippen molar-refractivity contribution in [3.05, 3.63) is 94.0 Å². The molecular formula is C21H18BrNO2. The molecule has 0 aliphatic rings. The summed E-state index contributed by atoms with van der Waals surface area (Å²) >= 11 is 3.47. The molecule has 1 N–H and O–H groups in total. The Kier molecular flexibility index (Phi) is 5.51. The number of rotatable bonds is 5. The van der Waals surface area contributed by atoms with Crippen molar-refractivity contribution in [3.8, 4) is 5.75 Å². The Morgan fingerprint density at radius 3 is 2.40 bits per heavy atom. The van der Waals surface area contributed by atoms with Crippen molar-refractivity contribution in [2.75, 3.05) is 5.32 Å². The van der Waals surface area contributed by atoms with Crippen LogP contribution in [0.3, 0.4) is 0 Å². The van der Waals surface area contributed by atoms with E-state index < -0.39 is 0 Å². The molecule has 25 heavy (non-hydrogen) atoms. The molecule has 4 heteroatoms. The Hall–Kier alpha value is -2.59. The van der Waals surface area contributed by atoms with E-state index >= 15 is 0 Å². The normalized spacial score (nSPS) is 10.3. The largest absolute Gasteiger partial charge is 0.489 e. The molecule has 0 bridgehead atoms. The number of benzene rings is 3. The SMILES string of the molecule is Cc1ccc(NC(=O)c2ccc(OCc3ccccc3)cc2)cc1Br. The summed E-state index contributed by atoms with van der Waals surface area (Å²) in [4.78, 5) is 12.3. The van der Waals surface area contributed by atoms with Gasteiger partial charge in [-0.05, 0) is 54.4 Å². The van der Waals surface area contributed by atoms with Crippen LogP contribution < -0.4 is 10.1 Å². The van der Waals surface area contributed by atoms with Crippen LogP contribution >= 0.6 is 15.9 Å². The highest BCUT2D eigenvalue weighted by molar-refractivity contribution is 9.10. The first-order valence-corrected chi connectivity index (χ1v) is 8.75. The number of amides is 1. The molecule has 1 amide bonds. The van der Waals surface area contributed by atoms with Crippen molar-refractivity contribution in [1.29, 1.82) is 0 Å². The number of ether oxygens (including phenoxy) is 1. The van der Waals surface area contributed by atoms with Gasteiger partial charge in [0.2, 0.25) is 0 Å². The summed E-state index contributed by atoms with van der Waals surface area (Å²) in [5.74, 6) is 0.587. The Balaban J connectivity index is 1.61. The first kappa shape index (κ1) is 17.2. The molecule has 0 aliphatic heterocycles. The lowest BCUT2D eigenvalue weighted by Gasteiger charge is -2.09. The minimum Gasteiger partial charge on any atom is -0.489 e. The van der Waals surface area contributed by atoms with Crippen molar-refractivity contribution >= 4 is 27.5 Å². The Morgan fingerprint density at radius 2 is 1.72 bits per heavy atom. The van der Waals surface area contributed by atoms with E-state index in [2.05, 4.69) is 21.2 Å². The lowest BCUT2D eigenvalue weighted by molar-refractivity contribution is 0.102. The summed E-state index contributed by atoms with van der Waals surface area (Å²) in [6.45, 7) is 2.51. The summed E-state index contributed by atoms with van der Waals surface area (Å²) in [5, 5.41) is 2.89. The Bertz CT molecular complexity index is 861. The molecule has 0 fully saturated rings. The van der Waals surface area contributed by atoms with Crippen LogP contribution in [0.4, 0.5) is 5.69 Å². The van der Waals surface area contributed by atoms with Gasteiger partial charge in [0.1, 0.15) is 12.4 Å². The number of carbonyl (C=O) groups excluding carboxylic acids is 1. The van der Waals surface area contributed by atoms with Crippen molar-refractivity contribution in [2.24, 2.45) is 0 Å². The van der Waals surface area contributed by atoms with Gasteiger partial charge in [0.05, 0.1) is 0 Å². The molecule has 0 unspecified atom stereocenters. The van der Waals surface area contributed by atoms with Crippen LogP contribution in [0.2, 0.25) is 0 Å². The first-order valence-electron chi connectivity index (χ1n) is 7.96. The van der Waals surface area contributed by atoms with Gasteiger partial charge in [-0.15, -0.1) is 0 Å². The monoisotopic (exact) mass is 395 g/mol. The van der Waals surface area contributed by atoms with Gasteiger partial charge in [-0.3, -0.25) is 4.79 Å². The van der Waals surface area contributed by atoms with Crippen LogP contribution in [0.5, 0.6) is 5.75 Å². The predicted octanol–water partition coefficient (Wildman–Crippen LogP) is 5.59. The second-order valence-corrected chi connectivity index (χ2v) is 6.57. The number of hydrogen-bond acceptors (Lipinski definition) is 2. The quantitative estimate of drug-likeness (QED) is 0.611. The maximum Gasteiger partial charge on any atom is 0.255 e. The van der Waals surface area contributed by atoms with Crippen LogP contribution in [-0.4, -0.2) is 5.91 Å². The summed E-state index contributed by atoms with van der Waals surface area (Å²) < 4.78 is 6.70. The molecule has 0 saturated carbocycles. The van der Waals surface area contributed by atoms with Gasteiger partial charge in [-0.25, -0.2) is 0 Å². The Labute approximate surface area is 155 Å². The number of hydrogen-bond donors (Lipinski definition) is 1. The molecule has 3 nitrogen and oxygen atoms in total. The minimum absolute atomic E-state index is 0.148. The van der Waals surface area contributed by atoms with Gasteiger partial charge in [-0.2, -0.15) is 0 Å². The molecule has 0 aromatic heterocycles. The summed E-state index contributed by atoms with van der Waals surface area (Å²) in [5.41, 5.74) is 3.57. The molecule has 3 aromatic carbocycles. The van der Waals surface area contributed by atoms with Gasteiger partial charge in [-0.1, -0.05) is 52.3 Å². The van der Waals surface area contributed by atoms with Crippen LogP contribution in [0.1, 0.15) is 21.5 Å². The van der Waals surface area contributed by atoms with Crippen molar-refractivity contribution in [2.45, 2.75) is 13.5 Å². The molecule has 0 spiro atoms. The third-order valence-electron chi connectivity index (χ3n) is 3.79. The van der Waals surface area contributed by atoms with Gasteiger partial charge < -0.3 is 10.1 Å². The third-order valence-corrected chi connectivity index (χ3v) is 4.65. The summed E-state index contributed by atoms with van der Waals surface area (Å²) in [7, 11) is 0. The molecular weight excluding hydrogens is 378 g/mol. The Morgan fingerprint density at radius 1 is 1.00 bits per heavy atom. The molecule has 3 aromatic rings. The van der Waals surface area contributed by atoms with E-state index in [0.717, 1.165) is 27.0 Å². The fourth-order valence-electron chi connectivity index (χ4n) is 2.32. The maximum atomic E-state index is 12.3. The fourth-order valence-corrected chi connectivity index (χ4v) is 2.70. The van der Waals surface area contributed by atoms with E-state index in [1.54, 1.807) is 12.1 Å². The first-order chi connectivity index (χ1) is 12.1.